The summed E-state index contributed by atoms with van der Waals surface area (Å²) in [6.45, 7) is 0.635. The number of rotatable bonds is 5. The van der Waals surface area contributed by atoms with Crippen LogP contribution in [0.3, 0.4) is 0 Å². The van der Waals surface area contributed by atoms with Gasteiger partial charge in [-0.15, -0.1) is 0 Å². The lowest BCUT2D eigenvalue weighted by molar-refractivity contribution is -0.116. The number of halogens is 1. The largest absolute Gasteiger partial charge is 0.351 e. The zero-order valence-corrected chi connectivity index (χ0v) is 14.9. The summed E-state index contributed by atoms with van der Waals surface area (Å²) >= 11 is 6.95. The van der Waals surface area contributed by atoms with Gasteiger partial charge in [-0.1, -0.05) is 22.9 Å². The number of anilines is 1. The summed E-state index contributed by atoms with van der Waals surface area (Å²) in [4.78, 5) is 40.9. The maximum absolute atomic E-state index is 12.1. The van der Waals surface area contributed by atoms with Gasteiger partial charge in [0.2, 0.25) is 5.91 Å². The molecule has 2 N–H and O–H groups in total. The lowest BCUT2D eigenvalue weighted by atomic mass is 10.1. The van der Waals surface area contributed by atoms with Crippen LogP contribution >= 0.6 is 22.9 Å². The first kappa shape index (κ1) is 17.6. The van der Waals surface area contributed by atoms with E-state index in [2.05, 4.69) is 15.6 Å². The number of hydrogen-bond donors (Lipinski definition) is 2. The van der Waals surface area contributed by atoms with Crippen LogP contribution in [0.25, 0.3) is 0 Å². The van der Waals surface area contributed by atoms with Gasteiger partial charge in [0.25, 0.3) is 5.91 Å². The Morgan fingerprint density at radius 3 is 2.76 bits per heavy atom. The maximum Gasteiger partial charge on any atom is 0.263 e. The molecule has 0 unspecified atom stereocenters. The Hall–Kier alpha value is -2.25. The molecular formula is C17H16ClN3O3S. The van der Waals surface area contributed by atoms with E-state index in [-0.39, 0.29) is 30.4 Å². The summed E-state index contributed by atoms with van der Waals surface area (Å²) in [5.74, 6) is -0.573. The highest BCUT2D eigenvalue weighted by Gasteiger charge is 2.21. The monoisotopic (exact) mass is 377 g/mol. The standard InChI is InChI=1S/C17H16ClN3O3S/c18-11-5-3-10(4-6-11)13(22)7-8-14(23)21-17-20-12-2-1-9-19-16(24)15(12)25-17/h3-6H,1-2,7-9H2,(H,19,24)(H,20,21,23). The molecule has 0 spiro atoms. The van der Waals surface area contributed by atoms with Crippen molar-refractivity contribution in [1.29, 1.82) is 0 Å². The van der Waals surface area contributed by atoms with Crippen molar-refractivity contribution in [3.05, 3.63) is 45.4 Å². The number of carbonyl (C=O) groups excluding carboxylic acids is 3. The summed E-state index contributed by atoms with van der Waals surface area (Å²) in [6.07, 6.45) is 1.68. The molecule has 2 amide bonds. The van der Waals surface area contributed by atoms with Crippen molar-refractivity contribution in [1.82, 2.24) is 10.3 Å². The summed E-state index contributed by atoms with van der Waals surface area (Å²) in [7, 11) is 0. The van der Waals surface area contributed by atoms with Gasteiger partial charge < -0.3 is 10.6 Å². The van der Waals surface area contributed by atoms with Crippen molar-refractivity contribution in [2.45, 2.75) is 25.7 Å². The van der Waals surface area contributed by atoms with E-state index in [1.54, 1.807) is 24.3 Å². The fourth-order valence-electron chi connectivity index (χ4n) is 2.48. The summed E-state index contributed by atoms with van der Waals surface area (Å²) in [5.41, 5.74) is 1.24. The Labute approximate surface area is 153 Å². The van der Waals surface area contributed by atoms with Crippen molar-refractivity contribution in [2.24, 2.45) is 0 Å². The molecule has 1 aromatic heterocycles. The number of hydrogen-bond acceptors (Lipinski definition) is 5. The van der Waals surface area contributed by atoms with Crippen LogP contribution in [0.4, 0.5) is 5.13 Å². The molecule has 0 atom stereocenters. The van der Waals surface area contributed by atoms with Crippen molar-refractivity contribution in [3.63, 3.8) is 0 Å². The fourth-order valence-corrected chi connectivity index (χ4v) is 3.55. The molecule has 130 valence electrons. The minimum Gasteiger partial charge on any atom is -0.351 e. The highest BCUT2D eigenvalue weighted by molar-refractivity contribution is 7.17. The van der Waals surface area contributed by atoms with Crippen molar-refractivity contribution < 1.29 is 14.4 Å². The molecule has 0 saturated carbocycles. The fraction of sp³-hybridized carbons (Fsp3) is 0.294. The Morgan fingerprint density at radius 1 is 1.24 bits per heavy atom. The van der Waals surface area contributed by atoms with Crippen LogP contribution < -0.4 is 10.6 Å². The SMILES string of the molecule is O=C(CCC(=O)c1ccc(Cl)cc1)Nc1nc2c(s1)C(=O)NCCC2. The third-order valence-corrected chi connectivity index (χ3v) is 5.03. The second-order valence-corrected chi connectivity index (χ2v) is 7.07. The zero-order chi connectivity index (χ0) is 17.8. The molecule has 2 heterocycles. The number of amides is 2. The number of benzene rings is 1. The first-order valence-electron chi connectivity index (χ1n) is 7.89. The summed E-state index contributed by atoms with van der Waals surface area (Å²) in [5, 5.41) is 6.42. The van der Waals surface area contributed by atoms with Crippen LogP contribution in [-0.2, 0) is 11.2 Å². The molecule has 0 fully saturated rings. The molecule has 0 bridgehead atoms. The van der Waals surface area contributed by atoms with Gasteiger partial charge in [0.05, 0.1) is 5.69 Å². The highest BCUT2D eigenvalue weighted by Crippen LogP contribution is 2.25. The normalized spacial score (nSPS) is 13.6. The van der Waals surface area contributed by atoms with Crippen LogP contribution in [-0.4, -0.2) is 29.1 Å². The van der Waals surface area contributed by atoms with E-state index in [9.17, 15) is 14.4 Å². The maximum atomic E-state index is 12.1. The van der Waals surface area contributed by atoms with Gasteiger partial charge in [0.1, 0.15) is 4.88 Å². The van der Waals surface area contributed by atoms with Crippen molar-refractivity contribution in [3.8, 4) is 0 Å². The molecule has 8 heteroatoms. The van der Waals surface area contributed by atoms with E-state index in [0.29, 0.717) is 39.3 Å². The Balaban J connectivity index is 1.56. The minimum absolute atomic E-state index is 0.0535. The molecule has 1 aliphatic rings. The van der Waals surface area contributed by atoms with Crippen LogP contribution in [0.1, 0.15) is 45.0 Å². The number of Topliss-reactive ketones (excluding diaryl/α,β-unsaturated/α-hetero) is 1. The minimum atomic E-state index is -0.299. The number of aryl methyl sites for hydroxylation is 1. The second kappa shape index (κ2) is 7.76. The molecule has 6 nitrogen and oxygen atoms in total. The quantitative estimate of drug-likeness (QED) is 0.784. The van der Waals surface area contributed by atoms with Crippen LogP contribution in [0, 0.1) is 0 Å². The van der Waals surface area contributed by atoms with Crippen molar-refractivity contribution >= 4 is 45.7 Å². The summed E-state index contributed by atoms with van der Waals surface area (Å²) in [6, 6.07) is 6.56. The Kier molecular flexibility index (Phi) is 5.45. The number of aromatic nitrogens is 1. The summed E-state index contributed by atoms with van der Waals surface area (Å²) < 4.78 is 0. The average molecular weight is 378 g/mol. The lowest BCUT2D eigenvalue weighted by Crippen LogP contribution is -2.21. The number of fused-ring (bicyclic) bond motifs is 1. The lowest BCUT2D eigenvalue weighted by Gasteiger charge is -2.02. The molecule has 1 aromatic carbocycles. The molecule has 0 radical (unpaired) electrons. The molecule has 2 aromatic rings. The molecule has 3 rings (SSSR count). The van der Waals surface area contributed by atoms with Gasteiger partial charge >= 0.3 is 0 Å². The van der Waals surface area contributed by atoms with Crippen LogP contribution in [0.15, 0.2) is 24.3 Å². The number of thiazole rings is 1. The van der Waals surface area contributed by atoms with E-state index < -0.39 is 0 Å². The van der Waals surface area contributed by atoms with Gasteiger partial charge in [-0.05, 0) is 37.1 Å². The molecule has 0 saturated heterocycles. The Morgan fingerprint density at radius 2 is 2.00 bits per heavy atom. The second-order valence-electron chi connectivity index (χ2n) is 5.63. The van der Waals surface area contributed by atoms with Gasteiger partial charge in [0.15, 0.2) is 10.9 Å². The van der Waals surface area contributed by atoms with E-state index >= 15 is 0 Å². The number of ketones is 1. The van der Waals surface area contributed by atoms with E-state index in [0.717, 1.165) is 17.8 Å². The molecule has 25 heavy (non-hydrogen) atoms. The number of nitrogens with zero attached hydrogens (tertiary/aromatic N) is 1. The number of carbonyl (C=O) groups is 3. The molecular weight excluding hydrogens is 362 g/mol. The molecule has 1 aliphatic heterocycles. The number of nitrogens with one attached hydrogen (secondary N) is 2. The van der Waals surface area contributed by atoms with E-state index in [4.69, 9.17) is 11.6 Å². The van der Waals surface area contributed by atoms with Gasteiger partial charge in [-0.2, -0.15) is 0 Å². The third-order valence-electron chi connectivity index (χ3n) is 3.77. The molecule has 0 aliphatic carbocycles. The average Bonchev–Trinajstić information content (AvgIpc) is 2.92. The first-order chi connectivity index (χ1) is 12.0. The van der Waals surface area contributed by atoms with Crippen LogP contribution in [0.5, 0.6) is 0 Å². The predicted molar refractivity (Wildman–Crippen MR) is 96.4 cm³/mol. The van der Waals surface area contributed by atoms with E-state index in [1.807, 2.05) is 0 Å². The van der Waals surface area contributed by atoms with E-state index in [1.165, 1.54) is 0 Å². The first-order valence-corrected chi connectivity index (χ1v) is 9.09. The highest BCUT2D eigenvalue weighted by atomic mass is 35.5. The van der Waals surface area contributed by atoms with Crippen molar-refractivity contribution in [2.75, 3.05) is 11.9 Å². The predicted octanol–water partition coefficient (Wildman–Crippen LogP) is 3.07. The van der Waals surface area contributed by atoms with Gasteiger partial charge in [-0.3, -0.25) is 14.4 Å². The zero-order valence-electron chi connectivity index (χ0n) is 13.3. The Bertz CT molecular complexity index is 817. The smallest absolute Gasteiger partial charge is 0.263 e. The third kappa shape index (κ3) is 4.43. The van der Waals surface area contributed by atoms with Gasteiger partial charge in [0, 0.05) is 30.0 Å². The topological polar surface area (TPSA) is 88.2 Å². The van der Waals surface area contributed by atoms with Gasteiger partial charge in [-0.25, -0.2) is 4.98 Å². The van der Waals surface area contributed by atoms with Crippen LogP contribution in [0.2, 0.25) is 5.02 Å².